The summed E-state index contributed by atoms with van der Waals surface area (Å²) in [6.07, 6.45) is 0.104. The highest BCUT2D eigenvalue weighted by Crippen LogP contribution is 2.27. The Morgan fingerprint density at radius 3 is 2.58 bits per heavy atom. The van der Waals surface area contributed by atoms with Gasteiger partial charge in [-0.15, -0.1) is 10.2 Å². The van der Waals surface area contributed by atoms with Crippen LogP contribution in [0.25, 0.3) is 10.6 Å². The molecule has 0 aliphatic rings. The minimum Gasteiger partial charge on any atom is -0.383 e. The van der Waals surface area contributed by atoms with Crippen LogP contribution in [0.4, 0.5) is 5.13 Å². The number of amides is 2. The second-order valence-corrected chi connectivity index (χ2v) is 8.78. The Morgan fingerprint density at radius 1 is 1.13 bits per heavy atom. The molecule has 2 amide bonds. The molecule has 3 rings (SSSR count). The summed E-state index contributed by atoms with van der Waals surface area (Å²) in [5, 5.41) is 12.4. The third-order valence-electron chi connectivity index (χ3n) is 4.33. The third kappa shape index (κ3) is 6.57. The molecular weight excluding hydrogens is 504 g/mol. The summed E-state index contributed by atoms with van der Waals surface area (Å²) in [5.41, 5.74) is 1.31. The fourth-order valence-electron chi connectivity index (χ4n) is 2.72. The van der Waals surface area contributed by atoms with Crippen LogP contribution < -0.4 is 5.32 Å². The molecule has 162 valence electrons. The van der Waals surface area contributed by atoms with E-state index >= 15 is 0 Å². The van der Waals surface area contributed by atoms with Gasteiger partial charge in [0, 0.05) is 36.7 Å². The van der Waals surface area contributed by atoms with E-state index in [1.54, 1.807) is 36.3 Å². The first-order chi connectivity index (χ1) is 15.0. The molecule has 0 radical (unpaired) electrons. The maximum absolute atomic E-state index is 12.9. The number of nitrogens with one attached hydrogen (secondary N) is 1. The zero-order chi connectivity index (χ0) is 22.2. The van der Waals surface area contributed by atoms with E-state index in [4.69, 9.17) is 16.3 Å². The summed E-state index contributed by atoms with van der Waals surface area (Å²) >= 11 is 10.8. The van der Waals surface area contributed by atoms with Gasteiger partial charge in [0.25, 0.3) is 5.91 Å². The molecule has 0 saturated carbocycles. The smallest absolute Gasteiger partial charge is 0.255 e. The first-order valence-corrected chi connectivity index (χ1v) is 11.4. The number of carbonyl (C=O) groups excluding carboxylic acids is 2. The zero-order valence-corrected chi connectivity index (χ0v) is 19.8. The van der Waals surface area contributed by atoms with E-state index in [2.05, 4.69) is 31.4 Å². The quantitative estimate of drug-likeness (QED) is 0.438. The van der Waals surface area contributed by atoms with Crippen molar-refractivity contribution in [3.63, 3.8) is 0 Å². The van der Waals surface area contributed by atoms with Gasteiger partial charge in [0.1, 0.15) is 5.01 Å². The molecule has 1 heterocycles. The van der Waals surface area contributed by atoms with Crippen LogP contribution in [-0.4, -0.2) is 53.7 Å². The highest BCUT2D eigenvalue weighted by atomic mass is 79.9. The predicted octanol–water partition coefficient (Wildman–Crippen LogP) is 4.74. The Hall–Kier alpha value is -2.33. The van der Waals surface area contributed by atoms with Crippen LogP contribution in [0.3, 0.4) is 0 Å². The Balaban J connectivity index is 1.60. The van der Waals surface area contributed by atoms with E-state index in [9.17, 15) is 9.59 Å². The Labute approximate surface area is 197 Å². The summed E-state index contributed by atoms with van der Waals surface area (Å²) in [6, 6.07) is 14.5. The lowest BCUT2D eigenvalue weighted by Crippen LogP contribution is -2.36. The number of hydrogen-bond acceptors (Lipinski definition) is 6. The molecule has 0 aliphatic heterocycles. The number of nitrogens with zero attached hydrogens (tertiary/aromatic N) is 3. The van der Waals surface area contributed by atoms with Gasteiger partial charge in [-0.1, -0.05) is 63.1 Å². The number of anilines is 1. The number of benzene rings is 2. The van der Waals surface area contributed by atoms with Gasteiger partial charge < -0.3 is 15.0 Å². The van der Waals surface area contributed by atoms with Gasteiger partial charge in [0.2, 0.25) is 11.0 Å². The predicted molar refractivity (Wildman–Crippen MR) is 126 cm³/mol. The van der Waals surface area contributed by atoms with Crippen molar-refractivity contribution in [3.05, 3.63) is 63.6 Å². The Kier molecular flexibility index (Phi) is 8.53. The minimum atomic E-state index is -0.257. The molecule has 0 bridgehead atoms. The lowest BCUT2D eigenvalue weighted by atomic mass is 10.2. The summed E-state index contributed by atoms with van der Waals surface area (Å²) < 4.78 is 6.07. The van der Waals surface area contributed by atoms with Crippen molar-refractivity contribution in [3.8, 4) is 10.6 Å². The van der Waals surface area contributed by atoms with Crippen molar-refractivity contribution in [1.29, 1.82) is 0 Å². The maximum Gasteiger partial charge on any atom is 0.255 e. The van der Waals surface area contributed by atoms with Crippen LogP contribution in [0.5, 0.6) is 0 Å². The van der Waals surface area contributed by atoms with Crippen LogP contribution in [0.15, 0.2) is 53.0 Å². The largest absolute Gasteiger partial charge is 0.383 e. The number of ether oxygens (including phenoxy) is 1. The number of methoxy groups -OCH3 is 1. The van der Waals surface area contributed by atoms with Crippen LogP contribution in [0, 0.1) is 0 Å². The van der Waals surface area contributed by atoms with Gasteiger partial charge in [0.15, 0.2) is 0 Å². The molecule has 0 atom stereocenters. The molecule has 0 aliphatic carbocycles. The second kappa shape index (κ2) is 11.3. The lowest BCUT2D eigenvalue weighted by molar-refractivity contribution is -0.116. The van der Waals surface area contributed by atoms with Crippen LogP contribution >= 0.6 is 38.9 Å². The fraction of sp³-hybridized carbons (Fsp3) is 0.238. The SMILES string of the molecule is COCCN(CCC(=O)Nc1nnc(-c2ccc(Br)cc2)s1)C(=O)c1ccccc1Cl. The monoisotopic (exact) mass is 522 g/mol. The summed E-state index contributed by atoms with van der Waals surface area (Å²) in [5.74, 6) is -0.503. The molecule has 3 aromatic rings. The van der Waals surface area contributed by atoms with E-state index in [0.29, 0.717) is 33.9 Å². The van der Waals surface area contributed by atoms with Gasteiger partial charge in [-0.3, -0.25) is 9.59 Å². The number of aromatic nitrogens is 2. The first kappa shape index (κ1) is 23.3. The topological polar surface area (TPSA) is 84.4 Å². The zero-order valence-electron chi connectivity index (χ0n) is 16.7. The summed E-state index contributed by atoms with van der Waals surface area (Å²) in [7, 11) is 1.56. The van der Waals surface area contributed by atoms with Crippen LogP contribution in [0.2, 0.25) is 5.02 Å². The minimum absolute atomic E-state index is 0.104. The Morgan fingerprint density at radius 2 is 1.87 bits per heavy atom. The average molecular weight is 524 g/mol. The summed E-state index contributed by atoms with van der Waals surface area (Å²) in [6.45, 7) is 0.919. The van der Waals surface area contributed by atoms with Gasteiger partial charge in [-0.05, 0) is 24.3 Å². The van der Waals surface area contributed by atoms with Gasteiger partial charge in [-0.2, -0.15) is 0 Å². The highest BCUT2D eigenvalue weighted by Gasteiger charge is 2.19. The molecule has 7 nitrogen and oxygen atoms in total. The molecule has 0 unspecified atom stereocenters. The fourth-order valence-corrected chi connectivity index (χ4v) is 3.97. The molecule has 0 fully saturated rings. The second-order valence-electron chi connectivity index (χ2n) is 6.48. The van der Waals surface area contributed by atoms with Crippen molar-refractivity contribution in [2.45, 2.75) is 6.42 Å². The Bertz CT molecular complexity index is 1050. The lowest BCUT2D eigenvalue weighted by Gasteiger charge is -2.22. The van der Waals surface area contributed by atoms with Crippen molar-refractivity contribution in [2.75, 3.05) is 32.1 Å². The van der Waals surface area contributed by atoms with Crippen LogP contribution in [-0.2, 0) is 9.53 Å². The molecule has 2 aromatic carbocycles. The highest BCUT2D eigenvalue weighted by molar-refractivity contribution is 9.10. The number of rotatable bonds is 9. The first-order valence-electron chi connectivity index (χ1n) is 9.40. The van der Waals surface area contributed by atoms with Gasteiger partial charge >= 0.3 is 0 Å². The number of carbonyl (C=O) groups is 2. The number of halogens is 2. The molecule has 10 heteroatoms. The standard InChI is InChI=1S/C21H20BrClN4O3S/c1-30-13-12-27(20(29)16-4-2-3-5-17(16)23)11-10-18(28)24-21-26-25-19(31-21)14-6-8-15(22)9-7-14/h2-9H,10-13H2,1H3,(H,24,26,28). The summed E-state index contributed by atoms with van der Waals surface area (Å²) in [4.78, 5) is 26.8. The molecule has 0 spiro atoms. The molecule has 31 heavy (non-hydrogen) atoms. The number of hydrogen-bond donors (Lipinski definition) is 1. The van der Waals surface area contributed by atoms with Gasteiger partial charge in [0.05, 0.1) is 17.2 Å². The van der Waals surface area contributed by atoms with Crippen molar-refractivity contribution < 1.29 is 14.3 Å². The normalized spacial score (nSPS) is 10.7. The van der Waals surface area contributed by atoms with E-state index in [1.165, 1.54) is 11.3 Å². The van der Waals surface area contributed by atoms with Crippen molar-refractivity contribution in [2.24, 2.45) is 0 Å². The maximum atomic E-state index is 12.9. The molecule has 1 N–H and O–H groups in total. The van der Waals surface area contributed by atoms with Crippen LogP contribution in [0.1, 0.15) is 16.8 Å². The van der Waals surface area contributed by atoms with Crippen molar-refractivity contribution >= 4 is 55.8 Å². The van der Waals surface area contributed by atoms with E-state index in [-0.39, 0.29) is 24.8 Å². The molecule has 0 saturated heterocycles. The third-order valence-corrected chi connectivity index (χ3v) is 6.07. The van der Waals surface area contributed by atoms with E-state index in [0.717, 1.165) is 10.0 Å². The average Bonchev–Trinajstić information content (AvgIpc) is 3.22. The van der Waals surface area contributed by atoms with E-state index < -0.39 is 0 Å². The molecular formula is C21H20BrClN4O3S. The molecule has 1 aromatic heterocycles. The van der Waals surface area contributed by atoms with E-state index in [1.807, 2.05) is 24.3 Å². The van der Waals surface area contributed by atoms with Crippen molar-refractivity contribution in [1.82, 2.24) is 15.1 Å². The van der Waals surface area contributed by atoms with Gasteiger partial charge in [-0.25, -0.2) is 0 Å².